The van der Waals surface area contributed by atoms with Crippen molar-refractivity contribution in [3.8, 4) is 0 Å². The molecule has 3 heteroatoms. The lowest BCUT2D eigenvalue weighted by molar-refractivity contribution is -0.0954. The molecule has 2 N–H and O–H groups in total. The fourth-order valence-electron chi connectivity index (χ4n) is 7.28. The first kappa shape index (κ1) is 27.7. The van der Waals surface area contributed by atoms with Gasteiger partial charge in [-0.15, -0.1) is 0 Å². The van der Waals surface area contributed by atoms with Gasteiger partial charge in [0, 0.05) is 13.0 Å². The van der Waals surface area contributed by atoms with Gasteiger partial charge in [-0.25, -0.2) is 0 Å². The van der Waals surface area contributed by atoms with E-state index in [0.717, 1.165) is 36.2 Å². The van der Waals surface area contributed by atoms with E-state index >= 15 is 0 Å². The van der Waals surface area contributed by atoms with Crippen LogP contribution in [0.3, 0.4) is 0 Å². The summed E-state index contributed by atoms with van der Waals surface area (Å²) in [7, 11) is 0. The third kappa shape index (κ3) is 6.26. The fraction of sp³-hybridized carbons (Fsp3) is 0.806. The van der Waals surface area contributed by atoms with Crippen molar-refractivity contribution < 1.29 is 14.9 Å². The van der Waals surface area contributed by atoms with E-state index in [9.17, 15) is 10.2 Å². The lowest BCUT2D eigenvalue weighted by Crippen LogP contribution is -2.45. The minimum Gasteiger partial charge on any atom is -0.390 e. The Labute approximate surface area is 209 Å². The maximum atomic E-state index is 10.8. The number of rotatable bonds is 10. The maximum absolute atomic E-state index is 10.8. The van der Waals surface area contributed by atoms with Crippen molar-refractivity contribution in [2.24, 2.45) is 29.1 Å². The average Bonchev–Trinajstić information content (AvgIpc) is 3.15. The molecule has 3 saturated carbocycles. The van der Waals surface area contributed by atoms with Crippen LogP contribution < -0.4 is 0 Å². The molecule has 34 heavy (non-hydrogen) atoms. The Morgan fingerprint density at radius 1 is 1.12 bits per heavy atom. The number of hydrogen-bond donors (Lipinski definition) is 2. The molecular weight excluding hydrogens is 420 g/mol. The maximum Gasteiger partial charge on any atom is 0.114 e. The monoisotopic (exact) mass is 472 g/mol. The van der Waals surface area contributed by atoms with Gasteiger partial charge in [0.05, 0.1) is 6.10 Å². The molecule has 0 spiro atoms. The molecular formula is C31H52O3. The summed E-state index contributed by atoms with van der Waals surface area (Å²) in [4.78, 5) is 0. The van der Waals surface area contributed by atoms with Crippen LogP contribution in [0, 0.1) is 29.1 Å². The van der Waals surface area contributed by atoms with Crippen molar-refractivity contribution in [1.82, 2.24) is 0 Å². The van der Waals surface area contributed by atoms with Crippen molar-refractivity contribution >= 4 is 0 Å². The number of aliphatic hydroxyl groups is 2. The van der Waals surface area contributed by atoms with Crippen molar-refractivity contribution in [2.75, 3.05) is 6.61 Å². The smallest absolute Gasteiger partial charge is 0.114 e. The van der Waals surface area contributed by atoms with Crippen molar-refractivity contribution in [1.29, 1.82) is 0 Å². The highest BCUT2D eigenvalue weighted by atomic mass is 16.5. The van der Waals surface area contributed by atoms with Crippen LogP contribution in [0.25, 0.3) is 0 Å². The van der Waals surface area contributed by atoms with Crippen LogP contribution in [-0.4, -0.2) is 35.1 Å². The molecule has 3 nitrogen and oxygen atoms in total. The van der Waals surface area contributed by atoms with Gasteiger partial charge in [-0.3, -0.25) is 0 Å². The molecule has 0 aromatic carbocycles. The summed E-state index contributed by atoms with van der Waals surface area (Å²) < 4.78 is 5.80. The van der Waals surface area contributed by atoms with Crippen LogP contribution in [0.5, 0.6) is 0 Å². The molecule has 0 radical (unpaired) electrons. The SMILES string of the molecule is C=C1/C(=C\C=C2/CCC[C@]3(C)[C@@H]([C@H](C)CCCC(C)C)CC[C@@H]23)C[C@@H](O)[C@@H](OCCCC)[C@@H]1O. The lowest BCUT2D eigenvalue weighted by Gasteiger charge is -2.44. The van der Waals surface area contributed by atoms with Gasteiger partial charge in [0.15, 0.2) is 0 Å². The van der Waals surface area contributed by atoms with E-state index in [1.807, 2.05) is 0 Å². The summed E-state index contributed by atoms with van der Waals surface area (Å²) in [6.07, 6.45) is 15.4. The van der Waals surface area contributed by atoms with Crippen LogP contribution in [0.4, 0.5) is 0 Å². The third-order valence-electron chi connectivity index (χ3n) is 9.36. The topological polar surface area (TPSA) is 49.7 Å². The molecule has 0 saturated heterocycles. The van der Waals surface area contributed by atoms with Crippen molar-refractivity contribution in [2.45, 2.75) is 124 Å². The van der Waals surface area contributed by atoms with E-state index in [0.29, 0.717) is 29.9 Å². The quantitative estimate of drug-likeness (QED) is 0.326. The highest BCUT2D eigenvalue weighted by Crippen LogP contribution is 2.60. The Morgan fingerprint density at radius 3 is 2.59 bits per heavy atom. The summed E-state index contributed by atoms with van der Waals surface area (Å²) in [5, 5.41) is 21.4. The van der Waals surface area contributed by atoms with Crippen LogP contribution >= 0.6 is 0 Å². The third-order valence-corrected chi connectivity index (χ3v) is 9.36. The van der Waals surface area contributed by atoms with E-state index in [-0.39, 0.29) is 0 Å². The standard InChI is InChI=1S/C31H52O3/c1-7-8-19-34-30-28(32)20-25(23(5)29(30)33)15-14-24-13-10-18-31(6)26(16-17-27(24)31)22(4)12-9-11-21(2)3/h14-15,21-22,26-30,32-33H,5,7-13,16-20H2,1-4,6H3/b24-14+,25-15-/t22-,26-,27+,28-,29-,30-,31-/m1/s1. The van der Waals surface area contributed by atoms with Gasteiger partial charge in [-0.2, -0.15) is 0 Å². The first-order valence-corrected chi connectivity index (χ1v) is 14.3. The molecule has 3 aliphatic carbocycles. The molecule has 3 aliphatic rings. The number of fused-ring (bicyclic) bond motifs is 1. The Bertz CT molecular complexity index is 735. The Morgan fingerprint density at radius 2 is 1.88 bits per heavy atom. The van der Waals surface area contributed by atoms with E-state index in [1.165, 1.54) is 51.4 Å². The minimum atomic E-state index is -0.829. The number of ether oxygens (including phenoxy) is 1. The average molecular weight is 473 g/mol. The first-order valence-electron chi connectivity index (χ1n) is 14.3. The predicted molar refractivity (Wildman–Crippen MR) is 143 cm³/mol. The molecule has 0 amide bonds. The normalized spacial score (nSPS) is 37.5. The van der Waals surface area contributed by atoms with E-state index in [2.05, 4.69) is 53.3 Å². The van der Waals surface area contributed by atoms with Gasteiger partial charge in [0.2, 0.25) is 0 Å². The highest BCUT2D eigenvalue weighted by molar-refractivity contribution is 5.40. The van der Waals surface area contributed by atoms with Gasteiger partial charge in [0.25, 0.3) is 0 Å². The summed E-state index contributed by atoms with van der Waals surface area (Å²) >= 11 is 0. The fourth-order valence-corrected chi connectivity index (χ4v) is 7.28. The second-order valence-electron chi connectivity index (χ2n) is 12.3. The molecule has 0 aromatic heterocycles. The molecule has 7 atom stereocenters. The Balaban J connectivity index is 1.68. The van der Waals surface area contributed by atoms with Crippen LogP contribution in [0.1, 0.15) is 105 Å². The summed E-state index contributed by atoms with van der Waals surface area (Å²) in [5.41, 5.74) is 3.69. The van der Waals surface area contributed by atoms with Crippen molar-refractivity contribution in [3.63, 3.8) is 0 Å². The van der Waals surface area contributed by atoms with Crippen molar-refractivity contribution in [3.05, 3.63) is 35.5 Å². The molecule has 3 rings (SSSR count). The van der Waals surface area contributed by atoms with E-state index < -0.39 is 18.3 Å². The second kappa shape index (κ2) is 12.4. The molecule has 194 valence electrons. The van der Waals surface area contributed by atoms with Crippen LogP contribution in [-0.2, 0) is 4.74 Å². The summed E-state index contributed by atoms with van der Waals surface area (Å²) in [5.74, 6) is 3.11. The number of unbranched alkanes of at least 4 members (excludes halogenated alkanes) is 1. The zero-order chi connectivity index (χ0) is 24.9. The second-order valence-corrected chi connectivity index (χ2v) is 12.3. The zero-order valence-electron chi connectivity index (χ0n) is 22.7. The predicted octanol–water partition coefficient (Wildman–Crippen LogP) is 7.39. The van der Waals surface area contributed by atoms with Crippen LogP contribution in [0.2, 0.25) is 0 Å². The molecule has 0 bridgehead atoms. The molecule has 0 unspecified atom stereocenters. The molecule has 0 aromatic rings. The molecule has 0 aliphatic heterocycles. The Hall–Kier alpha value is -0.900. The number of allylic oxidation sites excluding steroid dienone is 3. The molecule has 0 heterocycles. The minimum absolute atomic E-state index is 0.417. The van der Waals surface area contributed by atoms with Gasteiger partial charge in [-0.1, -0.05) is 84.6 Å². The van der Waals surface area contributed by atoms with Crippen LogP contribution in [0.15, 0.2) is 35.5 Å². The van der Waals surface area contributed by atoms with Gasteiger partial charge in [0.1, 0.15) is 12.2 Å². The zero-order valence-corrected chi connectivity index (χ0v) is 22.7. The largest absolute Gasteiger partial charge is 0.390 e. The molecule has 3 fully saturated rings. The highest BCUT2D eigenvalue weighted by Gasteiger charge is 2.50. The van der Waals surface area contributed by atoms with Gasteiger partial charge < -0.3 is 14.9 Å². The van der Waals surface area contributed by atoms with Gasteiger partial charge >= 0.3 is 0 Å². The van der Waals surface area contributed by atoms with E-state index in [4.69, 9.17) is 4.74 Å². The van der Waals surface area contributed by atoms with Gasteiger partial charge in [-0.05, 0) is 78.8 Å². The Kier molecular flexibility index (Phi) is 10.1. The van der Waals surface area contributed by atoms with E-state index in [1.54, 1.807) is 5.57 Å². The number of aliphatic hydroxyl groups excluding tert-OH is 2. The first-order chi connectivity index (χ1) is 16.2. The summed E-state index contributed by atoms with van der Waals surface area (Å²) in [6, 6.07) is 0. The number of hydrogen-bond acceptors (Lipinski definition) is 3. The summed E-state index contributed by atoms with van der Waals surface area (Å²) in [6.45, 7) is 16.6. The lowest BCUT2D eigenvalue weighted by atomic mass is 9.60.